The van der Waals surface area contributed by atoms with Crippen molar-refractivity contribution < 1.29 is 14.6 Å². The number of carbonyl (C=O) groups is 1. The Hall–Kier alpha value is -0.830. The summed E-state index contributed by atoms with van der Waals surface area (Å²) >= 11 is 0. The van der Waals surface area contributed by atoms with Crippen molar-refractivity contribution in [2.24, 2.45) is 0 Å². The molecule has 0 radical (unpaired) electrons. The number of aliphatic hydroxyl groups is 1. The van der Waals surface area contributed by atoms with E-state index in [1.165, 1.54) is 89.9 Å². The lowest BCUT2D eigenvalue weighted by molar-refractivity contribution is -0.137. The molecule has 3 heteroatoms. The van der Waals surface area contributed by atoms with Crippen LogP contribution in [0.15, 0.2) is 11.6 Å². The number of ether oxygens (including phenoxy) is 1. The molecule has 0 saturated heterocycles. The quantitative estimate of drug-likeness (QED) is 0.156. The van der Waals surface area contributed by atoms with Crippen LogP contribution in [0.1, 0.15) is 117 Å². The number of hydrogen-bond acceptors (Lipinski definition) is 3. The molecule has 0 aromatic heterocycles. The van der Waals surface area contributed by atoms with Crippen molar-refractivity contribution in [3.8, 4) is 0 Å². The highest BCUT2D eigenvalue weighted by Gasteiger charge is 1.98. The van der Waals surface area contributed by atoms with E-state index in [1.54, 1.807) is 6.08 Å². The summed E-state index contributed by atoms with van der Waals surface area (Å²) in [6.07, 6.45) is 22.1. The van der Waals surface area contributed by atoms with Crippen molar-refractivity contribution in [3.05, 3.63) is 11.6 Å². The Morgan fingerprint density at radius 3 is 1.35 bits per heavy atom. The molecule has 0 rings (SSSR count). The van der Waals surface area contributed by atoms with Gasteiger partial charge in [0.15, 0.2) is 0 Å². The number of allylic oxidation sites excluding steroid dienone is 1. The average Bonchev–Trinajstić information content (AvgIpc) is 2.60. The van der Waals surface area contributed by atoms with Crippen molar-refractivity contribution in [3.63, 3.8) is 0 Å². The summed E-state index contributed by atoms with van der Waals surface area (Å²) in [7, 11) is 0. The second-order valence-electron chi connectivity index (χ2n) is 7.77. The van der Waals surface area contributed by atoms with Gasteiger partial charge in [0.1, 0.15) is 0 Å². The molecule has 0 aliphatic carbocycles. The topological polar surface area (TPSA) is 46.5 Å². The molecule has 0 saturated carbocycles. The monoisotopic (exact) mass is 368 g/mol. The fourth-order valence-corrected chi connectivity index (χ4v) is 3.14. The fourth-order valence-electron chi connectivity index (χ4n) is 3.14. The van der Waals surface area contributed by atoms with Gasteiger partial charge < -0.3 is 9.84 Å². The lowest BCUT2D eigenvalue weighted by Crippen LogP contribution is -2.02. The van der Waals surface area contributed by atoms with E-state index < -0.39 is 0 Å². The molecule has 0 bridgehead atoms. The molecule has 0 aliphatic rings. The Labute approximate surface area is 162 Å². The Morgan fingerprint density at radius 2 is 1.00 bits per heavy atom. The third-order valence-electron chi connectivity index (χ3n) is 4.70. The third kappa shape index (κ3) is 21.2. The highest BCUT2D eigenvalue weighted by atomic mass is 16.5. The normalized spacial score (nSPS) is 10.7. The molecular formula is C23H44O3. The van der Waals surface area contributed by atoms with Crippen LogP contribution in [0.5, 0.6) is 0 Å². The number of unbranched alkanes of at least 4 members (excludes halogenated alkanes) is 15. The van der Waals surface area contributed by atoms with Crippen molar-refractivity contribution in [2.75, 3.05) is 13.2 Å². The zero-order valence-corrected chi connectivity index (χ0v) is 17.6. The summed E-state index contributed by atoms with van der Waals surface area (Å²) in [5.74, 6) is -0.202. The highest BCUT2D eigenvalue weighted by molar-refractivity contribution is 5.82. The summed E-state index contributed by atoms with van der Waals surface area (Å²) in [6, 6.07) is 0. The minimum atomic E-state index is -0.202. The van der Waals surface area contributed by atoms with E-state index in [9.17, 15) is 4.79 Å². The first-order chi connectivity index (χ1) is 12.7. The van der Waals surface area contributed by atoms with E-state index >= 15 is 0 Å². The largest absolute Gasteiger partial charge is 0.463 e. The van der Waals surface area contributed by atoms with Gasteiger partial charge in [-0.15, -0.1) is 0 Å². The summed E-state index contributed by atoms with van der Waals surface area (Å²) in [6.45, 7) is 4.73. The van der Waals surface area contributed by atoms with E-state index in [1.807, 2.05) is 13.8 Å². The highest BCUT2D eigenvalue weighted by Crippen LogP contribution is 2.13. The van der Waals surface area contributed by atoms with Crippen LogP contribution < -0.4 is 0 Å². The number of rotatable bonds is 19. The summed E-state index contributed by atoms with van der Waals surface area (Å²) in [4.78, 5) is 11.3. The molecule has 0 spiro atoms. The molecule has 3 nitrogen and oxygen atoms in total. The van der Waals surface area contributed by atoms with Gasteiger partial charge in [0, 0.05) is 12.7 Å². The molecule has 0 amide bonds. The van der Waals surface area contributed by atoms with Crippen molar-refractivity contribution in [2.45, 2.75) is 117 Å². The van der Waals surface area contributed by atoms with Crippen LogP contribution in [-0.2, 0) is 9.53 Å². The summed E-state index contributed by atoms with van der Waals surface area (Å²) < 4.78 is 5.15. The number of carbonyl (C=O) groups excluding carboxylic acids is 1. The maximum atomic E-state index is 11.3. The van der Waals surface area contributed by atoms with Gasteiger partial charge in [-0.05, 0) is 26.7 Å². The van der Waals surface area contributed by atoms with Crippen LogP contribution >= 0.6 is 0 Å². The van der Waals surface area contributed by atoms with Crippen LogP contribution in [-0.4, -0.2) is 24.3 Å². The predicted molar refractivity (Wildman–Crippen MR) is 111 cm³/mol. The Morgan fingerprint density at radius 1 is 0.654 bits per heavy atom. The molecule has 0 atom stereocenters. The minimum absolute atomic E-state index is 0.202. The maximum Gasteiger partial charge on any atom is 0.330 e. The Balaban J connectivity index is 3.09. The van der Waals surface area contributed by atoms with Gasteiger partial charge in [0.25, 0.3) is 0 Å². The first-order valence-corrected chi connectivity index (χ1v) is 11.1. The first-order valence-electron chi connectivity index (χ1n) is 11.1. The molecule has 26 heavy (non-hydrogen) atoms. The first kappa shape index (κ1) is 25.2. The summed E-state index contributed by atoms with van der Waals surface area (Å²) in [5.41, 5.74) is 0.990. The van der Waals surface area contributed by atoms with Gasteiger partial charge in [0.2, 0.25) is 0 Å². The number of esters is 1. The standard InChI is InChI=1S/C23H44O3/c1-22(2)21-23(25)26-20-18-16-14-12-10-8-6-4-3-5-7-9-11-13-15-17-19-24/h21,24H,3-20H2,1-2H3. The summed E-state index contributed by atoms with van der Waals surface area (Å²) in [5, 5.41) is 8.72. The van der Waals surface area contributed by atoms with E-state index in [0.717, 1.165) is 18.4 Å². The van der Waals surface area contributed by atoms with E-state index in [4.69, 9.17) is 9.84 Å². The Kier molecular flexibility index (Phi) is 19.8. The molecule has 1 N–H and O–H groups in total. The molecule has 0 unspecified atom stereocenters. The Bertz CT molecular complexity index is 332. The van der Waals surface area contributed by atoms with Crippen LogP contribution in [0, 0.1) is 0 Å². The van der Waals surface area contributed by atoms with Gasteiger partial charge in [0.05, 0.1) is 6.61 Å². The molecule has 154 valence electrons. The van der Waals surface area contributed by atoms with Crippen molar-refractivity contribution in [1.29, 1.82) is 0 Å². The lowest BCUT2D eigenvalue weighted by Gasteiger charge is -2.04. The van der Waals surface area contributed by atoms with E-state index in [2.05, 4.69) is 0 Å². The van der Waals surface area contributed by atoms with Crippen molar-refractivity contribution in [1.82, 2.24) is 0 Å². The molecule has 0 aromatic rings. The smallest absolute Gasteiger partial charge is 0.330 e. The van der Waals surface area contributed by atoms with Gasteiger partial charge in [-0.2, -0.15) is 0 Å². The second-order valence-corrected chi connectivity index (χ2v) is 7.77. The fraction of sp³-hybridized carbons (Fsp3) is 0.870. The molecular weight excluding hydrogens is 324 g/mol. The molecule has 0 aromatic carbocycles. The minimum Gasteiger partial charge on any atom is -0.463 e. The van der Waals surface area contributed by atoms with Gasteiger partial charge in [-0.3, -0.25) is 0 Å². The molecule has 0 aliphatic heterocycles. The second kappa shape index (κ2) is 20.5. The average molecular weight is 369 g/mol. The van der Waals surface area contributed by atoms with Gasteiger partial charge >= 0.3 is 5.97 Å². The SMILES string of the molecule is CC(C)=CC(=O)OCCCCCCCCCCCCCCCCCCO. The molecule has 0 heterocycles. The zero-order valence-electron chi connectivity index (χ0n) is 17.6. The maximum absolute atomic E-state index is 11.3. The van der Waals surface area contributed by atoms with Gasteiger partial charge in [-0.1, -0.05) is 95.5 Å². The van der Waals surface area contributed by atoms with Crippen LogP contribution in [0.25, 0.3) is 0 Å². The molecule has 0 fully saturated rings. The van der Waals surface area contributed by atoms with Crippen LogP contribution in [0.4, 0.5) is 0 Å². The van der Waals surface area contributed by atoms with E-state index in [-0.39, 0.29) is 5.97 Å². The van der Waals surface area contributed by atoms with E-state index in [0.29, 0.717) is 13.2 Å². The lowest BCUT2D eigenvalue weighted by atomic mass is 10.0. The third-order valence-corrected chi connectivity index (χ3v) is 4.70. The zero-order chi connectivity index (χ0) is 19.3. The van der Waals surface area contributed by atoms with Crippen molar-refractivity contribution >= 4 is 5.97 Å². The van der Waals surface area contributed by atoms with Crippen LogP contribution in [0.3, 0.4) is 0 Å². The number of aliphatic hydroxyl groups excluding tert-OH is 1. The van der Waals surface area contributed by atoms with Gasteiger partial charge in [-0.25, -0.2) is 4.79 Å². The predicted octanol–water partition coefficient (Wildman–Crippen LogP) is 6.73. The number of hydrogen-bond donors (Lipinski definition) is 1. The van der Waals surface area contributed by atoms with Crippen LogP contribution in [0.2, 0.25) is 0 Å².